The van der Waals surface area contributed by atoms with E-state index in [1.165, 1.54) is 0 Å². The van der Waals surface area contributed by atoms with Crippen LogP contribution in [-0.2, 0) is 4.57 Å². The molecule has 0 saturated heterocycles. The van der Waals surface area contributed by atoms with Crippen molar-refractivity contribution in [2.75, 3.05) is 0 Å². The summed E-state index contributed by atoms with van der Waals surface area (Å²) in [7, 11) is -6.10. The lowest BCUT2D eigenvalue weighted by Gasteiger charge is -2.32. The van der Waals surface area contributed by atoms with Crippen molar-refractivity contribution in [3.05, 3.63) is 0 Å². The minimum Gasteiger partial charge on any atom is -0.278 e. The minimum atomic E-state index is -2.95. The van der Waals surface area contributed by atoms with Crippen LogP contribution in [0, 0.1) is 22.4 Å². The van der Waals surface area contributed by atoms with E-state index in [2.05, 4.69) is 89.4 Å². The first-order chi connectivity index (χ1) is 9.18. The van der Waals surface area contributed by atoms with Gasteiger partial charge in [-0.1, -0.05) is 39.3 Å². The number of nitrogens with zero attached hydrogens (tertiary/aromatic N) is 1. The van der Waals surface area contributed by atoms with Crippen LogP contribution in [-0.4, -0.2) is 32.9 Å². The van der Waals surface area contributed by atoms with E-state index in [-0.39, 0.29) is 12.1 Å². The van der Waals surface area contributed by atoms with Crippen LogP contribution in [0.3, 0.4) is 0 Å². The van der Waals surface area contributed by atoms with Crippen LogP contribution in [0.15, 0.2) is 0 Å². The second kappa shape index (κ2) is 7.34. The molecule has 0 bridgehead atoms. The van der Waals surface area contributed by atoms with Crippen molar-refractivity contribution in [1.82, 2.24) is 4.67 Å². The van der Waals surface area contributed by atoms with Gasteiger partial charge in [-0.25, -0.2) is 4.67 Å². The van der Waals surface area contributed by atoms with Gasteiger partial charge in [0.15, 0.2) is 0 Å². The Bertz CT molecular complexity index is 475. The van der Waals surface area contributed by atoms with E-state index in [0.29, 0.717) is 0 Å². The Hall–Kier alpha value is -0.256. The molecular weight excluding hydrogens is 309 g/mol. The Labute approximate surface area is 134 Å². The molecule has 0 aliphatic heterocycles. The number of hydrogen-bond donors (Lipinski definition) is 0. The molecule has 0 aliphatic rings. The maximum absolute atomic E-state index is 13.5. The molecule has 0 rings (SSSR count). The van der Waals surface area contributed by atoms with Crippen molar-refractivity contribution in [3.8, 4) is 22.4 Å². The highest BCUT2D eigenvalue weighted by Crippen LogP contribution is 2.50. The highest BCUT2D eigenvalue weighted by Gasteiger charge is 2.32. The molecular formula is C16H32NOPSi2. The van der Waals surface area contributed by atoms with Crippen LogP contribution in [0.5, 0.6) is 0 Å². The third-order valence-electron chi connectivity index (χ3n) is 2.55. The maximum atomic E-state index is 13.5. The van der Waals surface area contributed by atoms with Gasteiger partial charge in [-0.3, -0.25) is 4.57 Å². The number of hydrogen-bond acceptors (Lipinski definition) is 1. The molecule has 0 aromatic rings. The Kier molecular flexibility index (Phi) is 7.25. The number of rotatable bonds is 3. The zero-order valence-electron chi connectivity index (χ0n) is 15.5. The van der Waals surface area contributed by atoms with E-state index in [9.17, 15) is 4.57 Å². The Morgan fingerprint density at radius 2 is 1.05 bits per heavy atom. The lowest BCUT2D eigenvalue weighted by molar-refractivity contribution is 0.308. The molecule has 0 heterocycles. The van der Waals surface area contributed by atoms with E-state index < -0.39 is 23.4 Å². The molecule has 0 aromatic heterocycles. The fraction of sp³-hybridized carbons (Fsp3) is 0.750. The van der Waals surface area contributed by atoms with Gasteiger partial charge in [0.05, 0.1) is 0 Å². The van der Waals surface area contributed by atoms with E-state index in [1.807, 2.05) is 4.67 Å². The summed E-state index contributed by atoms with van der Waals surface area (Å²) in [6, 6.07) is 0.338. The van der Waals surface area contributed by atoms with Crippen molar-refractivity contribution >= 4 is 23.4 Å². The van der Waals surface area contributed by atoms with Crippen LogP contribution in [0.2, 0.25) is 39.3 Å². The van der Waals surface area contributed by atoms with Gasteiger partial charge in [0, 0.05) is 12.1 Å². The predicted molar refractivity (Wildman–Crippen MR) is 102 cm³/mol. The van der Waals surface area contributed by atoms with E-state index in [4.69, 9.17) is 0 Å². The topological polar surface area (TPSA) is 20.3 Å². The molecule has 0 saturated carbocycles. The van der Waals surface area contributed by atoms with Crippen molar-refractivity contribution in [3.63, 3.8) is 0 Å². The molecule has 0 aromatic carbocycles. The van der Waals surface area contributed by atoms with Crippen molar-refractivity contribution in [2.24, 2.45) is 0 Å². The molecule has 0 unspecified atom stereocenters. The largest absolute Gasteiger partial charge is 0.288 e. The van der Waals surface area contributed by atoms with Crippen LogP contribution >= 0.6 is 7.29 Å². The van der Waals surface area contributed by atoms with Crippen LogP contribution in [0.4, 0.5) is 0 Å². The molecule has 0 N–H and O–H groups in total. The molecule has 5 heteroatoms. The average Bonchev–Trinajstić information content (AvgIpc) is 2.21. The fourth-order valence-electron chi connectivity index (χ4n) is 1.88. The summed E-state index contributed by atoms with van der Waals surface area (Å²) in [5, 5.41) is 0. The fourth-order valence-corrected chi connectivity index (χ4v) is 7.36. The zero-order chi connectivity index (χ0) is 17.1. The smallest absolute Gasteiger partial charge is 0.278 e. The van der Waals surface area contributed by atoms with Gasteiger partial charge in [-0.05, 0) is 39.0 Å². The summed E-state index contributed by atoms with van der Waals surface area (Å²) < 4.78 is 15.5. The summed E-state index contributed by atoms with van der Waals surface area (Å²) in [6.07, 6.45) is 0. The third kappa shape index (κ3) is 8.08. The third-order valence-corrected chi connectivity index (χ3v) is 7.12. The summed E-state index contributed by atoms with van der Waals surface area (Å²) in [5.41, 5.74) is 12.8. The molecule has 0 amide bonds. The van der Waals surface area contributed by atoms with Gasteiger partial charge in [0.2, 0.25) is 0 Å². The lowest BCUT2D eigenvalue weighted by atomic mass is 10.3. The van der Waals surface area contributed by atoms with Crippen molar-refractivity contribution in [2.45, 2.75) is 79.1 Å². The second-order valence-corrected chi connectivity index (χ2v) is 19.7. The Morgan fingerprint density at radius 1 is 0.762 bits per heavy atom. The zero-order valence-corrected chi connectivity index (χ0v) is 18.4. The molecule has 2 nitrogen and oxygen atoms in total. The predicted octanol–water partition coefficient (Wildman–Crippen LogP) is 5.06. The Morgan fingerprint density at radius 3 is 1.24 bits per heavy atom. The van der Waals surface area contributed by atoms with E-state index in [1.54, 1.807) is 0 Å². The van der Waals surface area contributed by atoms with Gasteiger partial charge in [0.1, 0.15) is 16.1 Å². The first-order valence-corrected chi connectivity index (χ1v) is 16.3. The molecule has 0 spiro atoms. The average molecular weight is 342 g/mol. The van der Waals surface area contributed by atoms with Crippen LogP contribution in [0.1, 0.15) is 27.7 Å². The van der Waals surface area contributed by atoms with Gasteiger partial charge in [-0.15, -0.1) is 11.1 Å². The molecule has 0 fully saturated rings. The quantitative estimate of drug-likeness (QED) is 0.406. The van der Waals surface area contributed by atoms with Gasteiger partial charge < -0.3 is 0 Å². The first kappa shape index (κ1) is 20.7. The highest BCUT2D eigenvalue weighted by molar-refractivity contribution is 7.71. The summed E-state index contributed by atoms with van der Waals surface area (Å²) in [4.78, 5) is 0. The lowest BCUT2D eigenvalue weighted by Crippen LogP contribution is -2.33. The van der Waals surface area contributed by atoms with E-state index >= 15 is 0 Å². The molecule has 0 atom stereocenters. The Balaban J connectivity index is 6.03. The van der Waals surface area contributed by atoms with Crippen molar-refractivity contribution < 1.29 is 4.57 Å². The van der Waals surface area contributed by atoms with Crippen LogP contribution in [0.25, 0.3) is 0 Å². The first-order valence-electron chi connectivity index (χ1n) is 7.66. The van der Waals surface area contributed by atoms with Gasteiger partial charge in [0.25, 0.3) is 7.29 Å². The minimum absolute atomic E-state index is 0.169. The monoisotopic (exact) mass is 341 g/mol. The van der Waals surface area contributed by atoms with Gasteiger partial charge in [-0.2, -0.15) is 0 Å². The summed E-state index contributed by atoms with van der Waals surface area (Å²) >= 11 is 0. The van der Waals surface area contributed by atoms with Crippen molar-refractivity contribution in [1.29, 1.82) is 0 Å². The normalized spacial score (nSPS) is 13.0. The maximum Gasteiger partial charge on any atom is 0.288 e. The second-order valence-electron chi connectivity index (χ2n) is 8.12. The SMILES string of the molecule is CC(C)N(C(C)C)P(=O)(C#C[Si](C)(C)C)C#C[Si](C)(C)C. The standard InChI is InChI=1S/C16H32NOPSi2/c1-15(2)17(16(3)4)19(18,11-13-20(5,6)7)12-14-21(8,9)10/h15-16H,1-10H3. The van der Waals surface area contributed by atoms with E-state index in [0.717, 1.165) is 0 Å². The molecule has 120 valence electrons. The molecule has 0 radical (unpaired) electrons. The molecule has 21 heavy (non-hydrogen) atoms. The summed E-state index contributed by atoms with van der Waals surface area (Å²) in [6.45, 7) is 21.3. The van der Waals surface area contributed by atoms with Crippen LogP contribution < -0.4 is 0 Å². The highest BCUT2D eigenvalue weighted by atomic mass is 31.2. The van der Waals surface area contributed by atoms with Gasteiger partial charge >= 0.3 is 0 Å². The summed E-state index contributed by atoms with van der Waals surface area (Å²) in [5.74, 6) is 0. The molecule has 0 aliphatic carbocycles.